The molecule has 0 aliphatic carbocycles. The molecule has 0 amide bonds. The molecule has 2 rings (SSSR count). The third-order valence-corrected chi connectivity index (χ3v) is 3.32. The molecule has 0 unspecified atom stereocenters. The van der Waals surface area contributed by atoms with Gasteiger partial charge in [-0.1, -0.05) is 25.1 Å². The monoisotopic (exact) mass is 286 g/mol. The van der Waals surface area contributed by atoms with Crippen LogP contribution in [0.4, 0.5) is 11.4 Å². The molecule has 0 spiro atoms. The quantitative estimate of drug-likeness (QED) is 0.501. The summed E-state index contributed by atoms with van der Waals surface area (Å²) < 4.78 is 0. The lowest BCUT2D eigenvalue weighted by Crippen LogP contribution is -2.23. The molecule has 2 aromatic rings. The maximum absolute atomic E-state index is 10.9. The van der Waals surface area contributed by atoms with Gasteiger partial charge in [0.25, 0.3) is 5.69 Å². The van der Waals surface area contributed by atoms with Gasteiger partial charge in [0.2, 0.25) is 0 Å². The van der Waals surface area contributed by atoms with Gasteiger partial charge in [-0.25, -0.2) is 0 Å². The summed E-state index contributed by atoms with van der Waals surface area (Å²) in [6, 6.07) is 10.7. The van der Waals surface area contributed by atoms with E-state index in [9.17, 15) is 10.1 Å². The van der Waals surface area contributed by atoms with Gasteiger partial charge in [-0.05, 0) is 24.2 Å². The molecule has 0 radical (unpaired) electrons. The normalized spacial score (nSPS) is 10.8. The van der Waals surface area contributed by atoms with E-state index in [2.05, 4.69) is 9.88 Å². The highest BCUT2D eigenvalue weighted by Crippen LogP contribution is 2.26. The molecule has 6 nitrogen and oxygen atoms in total. The molecule has 0 aliphatic heterocycles. The molecule has 0 bridgehead atoms. The van der Waals surface area contributed by atoms with Crippen molar-refractivity contribution < 1.29 is 4.92 Å². The summed E-state index contributed by atoms with van der Waals surface area (Å²) in [5.74, 6) is 0. The average Bonchev–Trinajstić information content (AvgIpc) is 2.49. The Labute approximate surface area is 123 Å². The van der Waals surface area contributed by atoms with Crippen LogP contribution in [0.5, 0.6) is 0 Å². The van der Waals surface area contributed by atoms with Gasteiger partial charge in [0, 0.05) is 25.4 Å². The molecule has 110 valence electrons. The molecule has 1 aromatic heterocycles. The summed E-state index contributed by atoms with van der Waals surface area (Å²) >= 11 is 0. The summed E-state index contributed by atoms with van der Waals surface area (Å²) in [6.07, 6.45) is 1.75. The third-order valence-electron chi connectivity index (χ3n) is 3.32. The predicted molar refractivity (Wildman–Crippen MR) is 81.5 cm³/mol. The first-order valence-electron chi connectivity index (χ1n) is 6.75. The highest BCUT2D eigenvalue weighted by molar-refractivity contribution is 5.62. The zero-order valence-electron chi connectivity index (χ0n) is 11.9. The van der Waals surface area contributed by atoms with Gasteiger partial charge >= 0.3 is 0 Å². The lowest BCUT2D eigenvalue weighted by atomic mass is 10.1. The van der Waals surface area contributed by atoms with Gasteiger partial charge in [-0.15, -0.1) is 0 Å². The molecule has 1 aromatic carbocycles. The molecule has 6 heteroatoms. The smallest absolute Gasteiger partial charge is 0.292 e. The van der Waals surface area contributed by atoms with Crippen molar-refractivity contribution in [2.24, 2.45) is 0 Å². The molecule has 0 fully saturated rings. The van der Waals surface area contributed by atoms with Crippen LogP contribution in [0.1, 0.15) is 18.2 Å². The van der Waals surface area contributed by atoms with E-state index in [0.29, 0.717) is 13.1 Å². The van der Waals surface area contributed by atoms with Crippen LogP contribution in [-0.4, -0.2) is 21.4 Å². The standard InChI is InChI=1S/C15H18N4O2/c1-2-18(11-13-7-3-4-9-17-13)10-12-6-5-8-14(15(12)16)19(20)21/h3-9H,2,10-11,16H2,1H3. The van der Waals surface area contributed by atoms with Crippen LogP contribution in [0, 0.1) is 10.1 Å². The minimum Gasteiger partial charge on any atom is -0.393 e. The number of nitro groups is 1. The number of para-hydroxylation sites is 1. The molecule has 0 atom stereocenters. The fraction of sp³-hybridized carbons (Fsp3) is 0.267. The Kier molecular flexibility index (Phi) is 4.84. The summed E-state index contributed by atoms with van der Waals surface area (Å²) in [5, 5.41) is 10.9. The summed E-state index contributed by atoms with van der Waals surface area (Å²) in [4.78, 5) is 16.9. The van der Waals surface area contributed by atoms with Crippen molar-refractivity contribution in [2.75, 3.05) is 12.3 Å². The van der Waals surface area contributed by atoms with Crippen LogP contribution in [0.15, 0.2) is 42.6 Å². The molecule has 0 saturated carbocycles. The zero-order valence-corrected chi connectivity index (χ0v) is 11.9. The number of pyridine rings is 1. The van der Waals surface area contributed by atoms with E-state index in [-0.39, 0.29) is 11.4 Å². The Morgan fingerprint density at radius 1 is 1.24 bits per heavy atom. The van der Waals surface area contributed by atoms with Crippen LogP contribution >= 0.6 is 0 Å². The second kappa shape index (κ2) is 6.81. The van der Waals surface area contributed by atoms with Crippen molar-refractivity contribution in [2.45, 2.75) is 20.0 Å². The van der Waals surface area contributed by atoms with E-state index < -0.39 is 4.92 Å². The highest BCUT2D eigenvalue weighted by atomic mass is 16.6. The van der Waals surface area contributed by atoms with Crippen molar-refractivity contribution in [3.05, 3.63) is 64.0 Å². The maximum Gasteiger partial charge on any atom is 0.292 e. The molecule has 21 heavy (non-hydrogen) atoms. The van der Waals surface area contributed by atoms with Crippen molar-refractivity contribution in [3.63, 3.8) is 0 Å². The molecule has 2 N–H and O–H groups in total. The largest absolute Gasteiger partial charge is 0.393 e. The van der Waals surface area contributed by atoms with Crippen molar-refractivity contribution in [1.82, 2.24) is 9.88 Å². The highest BCUT2D eigenvalue weighted by Gasteiger charge is 2.16. The number of hydrogen-bond donors (Lipinski definition) is 1. The lowest BCUT2D eigenvalue weighted by Gasteiger charge is -2.20. The Bertz CT molecular complexity index is 616. The summed E-state index contributed by atoms with van der Waals surface area (Å²) in [5.41, 5.74) is 7.82. The fourth-order valence-electron chi connectivity index (χ4n) is 2.14. The fourth-order valence-corrected chi connectivity index (χ4v) is 2.14. The number of rotatable bonds is 6. The Morgan fingerprint density at radius 3 is 2.67 bits per heavy atom. The second-order valence-electron chi connectivity index (χ2n) is 4.73. The van der Waals surface area contributed by atoms with E-state index in [4.69, 9.17) is 5.73 Å². The SMILES string of the molecule is CCN(Cc1ccccn1)Cc1cccc([N+](=O)[O-])c1N. The van der Waals surface area contributed by atoms with Crippen LogP contribution < -0.4 is 5.73 Å². The van der Waals surface area contributed by atoms with E-state index in [1.165, 1.54) is 6.07 Å². The van der Waals surface area contributed by atoms with E-state index in [1.807, 2.05) is 31.2 Å². The third kappa shape index (κ3) is 3.76. The number of benzene rings is 1. The first kappa shape index (κ1) is 14.9. The predicted octanol–water partition coefficient (Wildman–Crippen LogP) is 2.59. The Hall–Kier alpha value is -2.47. The number of anilines is 1. The first-order valence-corrected chi connectivity index (χ1v) is 6.75. The minimum atomic E-state index is -0.451. The zero-order chi connectivity index (χ0) is 15.2. The Balaban J connectivity index is 2.15. The molecular formula is C15H18N4O2. The lowest BCUT2D eigenvalue weighted by molar-refractivity contribution is -0.384. The van der Waals surface area contributed by atoms with Gasteiger partial charge < -0.3 is 5.73 Å². The van der Waals surface area contributed by atoms with Gasteiger partial charge in [0.05, 0.1) is 10.6 Å². The van der Waals surface area contributed by atoms with Crippen molar-refractivity contribution in [3.8, 4) is 0 Å². The number of nitrogens with two attached hydrogens (primary N) is 1. The number of aromatic nitrogens is 1. The number of nitro benzene ring substituents is 1. The van der Waals surface area contributed by atoms with Crippen LogP contribution in [0.3, 0.4) is 0 Å². The Morgan fingerprint density at radius 2 is 2.05 bits per heavy atom. The van der Waals surface area contributed by atoms with Crippen LogP contribution in [0.25, 0.3) is 0 Å². The molecule has 0 aliphatic rings. The first-order chi connectivity index (χ1) is 10.1. The number of nitrogen functional groups attached to an aromatic ring is 1. The average molecular weight is 286 g/mol. The summed E-state index contributed by atoms with van der Waals surface area (Å²) in [7, 11) is 0. The van der Waals surface area contributed by atoms with Crippen LogP contribution in [0.2, 0.25) is 0 Å². The number of hydrogen-bond acceptors (Lipinski definition) is 5. The molecule has 1 heterocycles. The maximum atomic E-state index is 10.9. The topological polar surface area (TPSA) is 85.3 Å². The van der Waals surface area contributed by atoms with Gasteiger partial charge in [0.1, 0.15) is 5.69 Å². The van der Waals surface area contributed by atoms with Gasteiger partial charge in [0.15, 0.2) is 0 Å². The molecular weight excluding hydrogens is 268 g/mol. The van der Waals surface area contributed by atoms with Crippen LogP contribution in [-0.2, 0) is 13.1 Å². The van der Waals surface area contributed by atoms with Gasteiger partial charge in [-0.2, -0.15) is 0 Å². The second-order valence-corrected chi connectivity index (χ2v) is 4.73. The van der Waals surface area contributed by atoms with Gasteiger partial charge in [-0.3, -0.25) is 20.0 Å². The minimum absolute atomic E-state index is 0.0404. The van der Waals surface area contributed by atoms with E-state index in [0.717, 1.165) is 17.8 Å². The van der Waals surface area contributed by atoms with Crippen molar-refractivity contribution in [1.29, 1.82) is 0 Å². The van der Waals surface area contributed by atoms with Crippen molar-refractivity contribution >= 4 is 11.4 Å². The number of nitrogens with zero attached hydrogens (tertiary/aromatic N) is 3. The summed E-state index contributed by atoms with van der Waals surface area (Å²) in [6.45, 7) is 4.08. The van der Waals surface area contributed by atoms with E-state index >= 15 is 0 Å². The van der Waals surface area contributed by atoms with E-state index in [1.54, 1.807) is 12.3 Å². The molecule has 0 saturated heterocycles.